The van der Waals surface area contributed by atoms with Gasteiger partial charge in [-0.1, -0.05) is 6.07 Å². The molecule has 1 aliphatic rings. The third kappa shape index (κ3) is 1.82. The van der Waals surface area contributed by atoms with Crippen LogP contribution in [0.4, 0.5) is 4.39 Å². The van der Waals surface area contributed by atoms with Crippen LogP contribution < -0.4 is 5.32 Å². The highest BCUT2D eigenvalue weighted by molar-refractivity contribution is 5.43. The highest BCUT2D eigenvalue weighted by Crippen LogP contribution is 2.19. The third-order valence-corrected chi connectivity index (χ3v) is 3.57. The highest BCUT2D eigenvalue weighted by Gasteiger charge is 2.19. The minimum absolute atomic E-state index is 0.233. The minimum Gasteiger partial charge on any atom is -0.316 e. The monoisotopic (exact) mass is 233 g/mol. The lowest BCUT2D eigenvalue weighted by Crippen LogP contribution is -2.11. The normalized spacial score (nSPS) is 20.2. The van der Waals surface area contributed by atoms with Crippen LogP contribution in [0.2, 0.25) is 0 Å². The minimum atomic E-state index is -0.233. The molecule has 1 atom stereocenters. The van der Waals surface area contributed by atoms with Crippen molar-refractivity contribution in [1.29, 1.82) is 0 Å². The van der Waals surface area contributed by atoms with Crippen LogP contribution in [0.5, 0.6) is 0 Å². The summed E-state index contributed by atoms with van der Waals surface area (Å²) in [7, 11) is 0. The molecule has 0 aromatic carbocycles. The fourth-order valence-corrected chi connectivity index (χ4v) is 2.60. The molecule has 1 fully saturated rings. The van der Waals surface area contributed by atoms with Crippen LogP contribution in [0.15, 0.2) is 18.2 Å². The quantitative estimate of drug-likeness (QED) is 0.803. The SMILES string of the molecule is Cc1c(CC2CCNC2)nc2cccc(F)n12. The maximum Gasteiger partial charge on any atom is 0.199 e. The van der Waals surface area contributed by atoms with Gasteiger partial charge >= 0.3 is 0 Å². The zero-order valence-electron chi connectivity index (χ0n) is 9.91. The molecular weight excluding hydrogens is 217 g/mol. The summed E-state index contributed by atoms with van der Waals surface area (Å²) in [4.78, 5) is 4.53. The van der Waals surface area contributed by atoms with E-state index in [9.17, 15) is 4.39 Å². The van der Waals surface area contributed by atoms with Crippen LogP contribution in [0, 0.1) is 18.8 Å². The van der Waals surface area contributed by atoms with Crippen molar-refractivity contribution in [3.8, 4) is 0 Å². The highest BCUT2D eigenvalue weighted by atomic mass is 19.1. The van der Waals surface area contributed by atoms with Crippen molar-refractivity contribution in [3.63, 3.8) is 0 Å². The van der Waals surface area contributed by atoms with Crippen molar-refractivity contribution in [1.82, 2.24) is 14.7 Å². The van der Waals surface area contributed by atoms with E-state index in [1.807, 2.05) is 13.0 Å². The zero-order valence-corrected chi connectivity index (χ0v) is 9.91. The van der Waals surface area contributed by atoms with Crippen LogP contribution in [-0.2, 0) is 6.42 Å². The fourth-order valence-electron chi connectivity index (χ4n) is 2.60. The van der Waals surface area contributed by atoms with Gasteiger partial charge < -0.3 is 5.32 Å². The summed E-state index contributed by atoms with van der Waals surface area (Å²) in [6.45, 7) is 4.09. The molecule has 0 aliphatic carbocycles. The number of hydrogen-bond donors (Lipinski definition) is 1. The Balaban J connectivity index is 1.99. The molecule has 0 amide bonds. The third-order valence-electron chi connectivity index (χ3n) is 3.57. The van der Waals surface area contributed by atoms with Gasteiger partial charge in [0, 0.05) is 5.69 Å². The van der Waals surface area contributed by atoms with E-state index in [-0.39, 0.29) is 5.95 Å². The van der Waals surface area contributed by atoms with Gasteiger partial charge in [0.05, 0.1) is 5.69 Å². The van der Waals surface area contributed by atoms with Crippen LogP contribution in [0.25, 0.3) is 5.65 Å². The number of imidazole rings is 1. The summed E-state index contributed by atoms with van der Waals surface area (Å²) in [5, 5.41) is 3.35. The maximum absolute atomic E-state index is 13.7. The molecule has 0 bridgehead atoms. The Labute approximate surface area is 99.7 Å². The molecule has 0 radical (unpaired) electrons. The lowest BCUT2D eigenvalue weighted by molar-refractivity contribution is 0.556. The van der Waals surface area contributed by atoms with Crippen LogP contribution in [0.1, 0.15) is 17.8 Å². The van der Waals surface area contributed by atoms with E-state index in [1.165, 1.54) is 12.5 Å². The Morgan fingerprint density at radius 3 is 3.12 bits per heavy atom. The number of nitrogens with one attached hydrogen (secondary N) is 1. The topological polar surface area (TPSA) is 29.3 Å². The Morgan fingerprint density at radius 1 is 1.53 bits per heavy atom. The van der Waals surface area contributed by atoms with Gasteiger partial charge in [0.2, 0.25) is 0 Å². The van der Waals surface area contributed by atoms with E-state index in [0.29, 0.717) is 11.6 Å². The Morgan fingerprint density at radius 2 is 2.41 bits per heavy atom. The van der Waals surface area contributed by atoms with Gasteiger partial charge in [0.25, 0.3) is 0 Å². The van der Waals surface area contributed by atoms with E-state index in [4.69, 9.17) is 0 Å². The lowest BCUT2D eigenvalue weighted by Gasteiger charge is -2.06. The summed E-state index contributed by atoms with van der Waals surface area (Å²) in [6, 6.07) is 5.03. The van der Waals surface area contributed by atoms with Gasteiger partial charge in [-0.05, 0) is 50.9 Å². The van der Waals surface area contributed by atoms with Crippen molar-refractivity contribution in [2.24, 2.45) is 5.92 Å². The summed E-state index contributed by atoms with van der Waals surface area (Å²) in [5.74, 6) is 0.407. The number of halogens is 1. The second kappa shape index (κ2) is 4.11. The molecule has 4 heteroatoms. The molecule has 3 nitrogen and oxygen atoms in total. The number of aromatic nitrogens is 2. The second-order valence-corrected chi connectivity index (χ2v) is 4.75. The van der Waals surface area contributed by atoms with E-state index >= 15 is 0 Å². The number of rotatable bonds is 2. The first-order valence-electron chi connectivity index (χ1n) is 6.09. The molecule has 17 heavy (non-hydrogen) atoms. The second-order valence-electron chi connectivity index (χ2n) is 4.75. The molecule has 90 valence electrons. The lowest BCUT2D eigenvalue weighted by atomic mass is 10.0. The van der Waals surface area contributed by atoms with Crippen molar-refractivity contribution in [3.05, 3.63) is 35.5 Å². The van der Waals surface area contributed by atoms with E-state index < -0.39 is 0 Å². The molecule has 2 aromatic rings. The van der Waals surface area contributed by atoms with Gasteiger partial charge in [-0.2, -0.15) is 4.39 Å². The summed E-state index contributed by atoms with van der Waals surface area (Å²) in [5.41, 5.74) is 2.68. The van der Waals surface area contributed by atoms with Gasteiger partial charge in [0.15, 0.2) is 5.95 Å². The maximum atomic E-state index is 13.7. The number of hydrogen-bond acceptors (Lipinski definition) is 2. The molecule has 3 heterocycles. The smallest absolute Gasteiger partial charge is 0.199 e. The Bertz CT molecular complexity index is 541. The average Bonchev–Trinajstić information content (AvgIpc) is 2.90. The first kappa shape index (κ1) is 10.7. The largest absolute Gasteiger partial charge is 0.316 e. The predicted molar refractivity (Wildman–Crippen MR) is 64.6 cm³/mol. The van der Waals surface area contributed by atoms with Crippen molar-refractivity contribution in [2.45, 2.75) is 19.8 Å². The first-order chi connectivity index (χ1) is 8.25. The fraction of sp³-hybridized carbons (Fsp3) is 0.462. The summed E-state index contributed by atoms with van der Waals surface area (Å²) < 4.78 is 15.3. The van der Waals surface area contributed by atoms with Crippen LogP contribution in [-0.4, -0.2) is 22.5 Å². The number of fused-ring (bicyclic) bond motifs is 1. The number of pyridine rings is 1. The molecule has 3 rings (SSSR count). The Hall–Kier alpha value is -1.42. The van der Waals surface area contributed by atoms with E-state index in [0.717, 1.165) is 30.9 Å². The molecule has 1 saturated heterocycles. The standard InChI is InChI=1S/C13H16FN3/c1-9-11(7-10-5-6-15-8-10)16-13-4-2-3-12(14)17(9)13/h2-4,10,15H,5-8H2,1H3. The van der Waals surface area contributed by atoms with Crippen LogP contribution >= 0.6 is 0 Å². The average molecular weight is 233 g/mol. The Kier molecular flexibility index (Phi) is 2.59. The molecule has 2 aromatic heterocycles. The molecule has 1 aliphatic heterocycles. The predicted octanol–water partition coefficient (Wildman–Crippen LogP) is 1.93. The van der Waals surface area contributed by atoms with Crippen molar-refractivity contribution in [2.75, 3.05) is 13.1 Å². The molecular formula is C13H16FN3. The van der Waals surface area contributed by atoms with Gasteiger partial charge in [-0.3, -0.25) is 4.40 Å². The van der Waals surface area contributed by atoms with Crippen molar-refractivity contribution >= 4 is 5.65 Å². The number of nitrogens with zero attached hydrogens (tertiary/aromatic N) is 2. The van der Waals surface area contributed by atoms with Crippen molar-refractivity contribution < 1.29 is 4.39 Å². The van der Waals surface area contributed by atoms with Crippen LogP contribution in [0.3, 0.4) is 0 Å². The number of aryl methyl sites for hydroxylation is 1. The molecule has 1 unspecified atom stereocenters. The van der Waals surface area contributed by atoms with Gasteiger partial charge in [-0.25, -0.2) is 4.98 Å². The summed E-state index contributed by atoms with van der Waals surface area (Å²) >= 11 is 0. The zero-order chi connectivity index (χ0) is 11.8. The van der Waals surface area contributed by atoms with Gasteiger partial charge in [-0.15, -0.1) is 0 Å². The summed E-state index contributed by atoms with van der Waals surface area (Å²) in [6.07, 6.45) is 2.13. The first-order valence-corrected chi connectivity index (χ1v) is 6.09. The molecule has 0 saturated carbocycles. The molecule has 0 spiro atoms. The van der Waals surface area contributed by atoms with E-state index in [1.54, 1.807) is 10.5 Å². The van der Waals surface area contributed by atoms with E-state index in [2.05, 4.69) is 10.3 Å². The van der Waals surface area contributed by atoms with Gasteiger partial charge in [0.1, 0.15) is 5.65 Å². The molecule has 1 N–H and O–H groups in total.